The Kier molecular flexibility index (Phi) is 7.89. The number of halogens is 3. The Balaban J connectivity index is 1.52. The predicted molar refractivity (Wildman–Crippen MR) is 125 cm³/mol. The van der Waals surface area contributed by atoms with Gasteiger partial charge in [-0.1, -0.05) is 6.07 Å². The van der Waals surface area contributed by atoms with E-state index in [0.717, 1.165) is 12.1 Å². The number of benzene rings is 2. The normalized spacial score (nSPS) is 15.7. The highest BCUT2D eigenvalue weighted by atomic mass is 32.2. The molecule has 3 rings (SSSR count). The average molecular weight is 499 g/mol. The zero-order valence-corrected chi connectivity index (χ0v) is 20.2. The molecule has 0 unspecified atom stereocenters. The number of amides is 1. The summed E-state index contributed by atoms with van der Waals surface area (Å²) >= 11 is 0. The molecule has 1 aliphatic rings. The summed E-state index contributed by atoms with van der Waals surface area (Å²) in [5, 5.41) is 2.76. The van der Waals surface area contributed by atoms with Crippen molar-refractivity contribution in [1.82, 2.24) is 9.21 Å². The fourth-order valence-electron chi connectivity index (χ4n) is 3.60. The summed E-state index contributed by atoms with van der Waals surface area (Å²) in [6.45, 7) is 5.77. The second kappa shape index (κ2) is 10.3. The van der Waals surface area contributed by atoms with E-state index in [1.165, 1.54) is 29.6 Å². The van der Waals surface area contributed by atoms with Crippen molar-refractivity contribution in [3.63, 3.8) is 0 Å². The Labute approximate surface area is 198 Å². The second-order valence-electron chi connectivity index (χ2n) is 8.50. The fourth-order valence-corrected chi connectivity index (χ4v) is 4.97. The van der Waals surface area contributed by atoms with Gasteiger partial charge in [0.1, 0.15) is 0 Å². The van der Waals surface area contributed by atoms with Crippen molar-refractivity contribution in [2.75, 3.05) is 50.0 Å². The third kappa shape index (κ3) is 6.28. The van der Waals surface area contributed by atoms with Crippen LogP contribution in [0.4, 0.5) is 24.5 Å². The van der Waals surface area contributed by atoms with E-state index in [2.05, 4.69) is 5.32 Å². The number of piperazine rings is 1. The van der Waals surface area contributed by atoms with E-state index in [-0.39, 0.29) is 23.4 Å². The van der Waals surface area contributed by atoms with Gasteiger partial charge in [0.15, 0.2) is 0 Å². The van der Waals surface area contributed by atoms with Gasteiger partial charge in [-0.25, -0.2) is 8.42 Å². The Hall–Kier alpha value is -2.63. The van der Waals surface area contributed by atoms with Gasteiger partial charge < -0.3 is 10.2 Å². The molecule has 1 saturated heterocycles. The van der Waals surface area contributed by atoms with Crippen molar-refractivity contribution < 1.29 is 26.4 Å². The standard InChI is InChI=1S/C23H29F3N4O3S/c1-17(2)28(3)34(32,33)21-9-7-19(8-10-21)27-22(31)16-29-11-13-30(14-12-29)20-6-4-5-18(15-20)23(24,25)26/h4-10,15,17H,11-14,16H2,1-3H3,(H,27,31). The predicted octanol–water partition coefficient (Wildman–Crippen LogP) is 3.50. The van der Waals surface area contributed by atoms with Crippen LogP contribution < -0.4 is 10.2 Å². The van der Waals surface area contributed by atoms with Crippen LogP contribution in [0.5, 0.6) is 0 Å². The van der Waals surface area contributed by atoms with E-state index in [4.69, 9.17) is 0 Å². The van der Waals surface area contributed by atoms with Gasteiger partial charge >= 0.3 is 6.18 Å². The maximum absolute atomic E-state index is 13.0. The molecule has 1 fully saturated rings. The summed E-state index contributed by atoms with van der Waals surface area (Å²) in [7, 11) is -2.08. The molecule has 186 valence electrons. The van der Waals surface area contributed by atoms with Crippen LogP contribution in [0.25, 0.3) is 0 Å². The largest absolute Gasteiger partial charge is 0.416 e. The molecule has 2 aromatic rings. The summed E-state index contributed by atoms with van der Waals surface area (Å²) in [5.41, 5.74) is 0.317. The van der Waals surface area contributed by atoms with Crippen LogP contribution in [-0.4, -0.2) is 69.3 Å². The number of hydrogen-bond acceptors (Lipinski definition) is 5. The molecule has 0 bridgehead atoms. The quantitative estimate of drug-likeness (QED) is 0.633. The van der Waals surface area contributed by atoms with Gasteiger partial charge in [-0.05, 0) is 56.3 Å². The number of rotatable bonds is 7. The first-order valence-corrected chi connectivity index (χ1v) is 12.3. The van der Waals surface area contributed by atoms with Crippen LogP contribution in [0.15, 0.2) is 53.4 Å². The van der Waals surface area contributed by atoms with Crippen molar-refractivity contribution in [3.8, 4) is 0 Å². The monoisotopic (exact) mass is 498 g/mol. The van der Waals surface area contributed by atoms with E-state index in [1.807, 2.05) is 9.80 Å². The minimum absolute atomic E-state index is 0.132. The lowest BCUT2D eigenvalue weighted by molar-refractivity contribution is -0.137. The maximum atomic E-state index is 13.0. The molecule has 0 saturated carbocycles. The van der Waals surface area contributed by atoms with Crippen LogP contribution in [0.1, 0.15) is 19.4 Å². The summed E-state index contributed by atoms with van der Waals surface area (Å²) in [6, 6.07) is 11.1. The third-order valence-electron chi connectivity index (χ3n) is 5.82. The van der Waals surface area contributed by atoms with Crippen molar-refractivity contribution in [3.05, 3.63) is 54.1 Å². The van der Waals surface area contributed by atoms with Gasteiger partial charge in [0.2, 0.25) is 15.9 Å². The molecule has 11 heteroatoms. The van der Waals surface area contributed by atoms with Crippen molar-refractivity contribution >= 4 is 27.3 Å². The molecule has 0 aromatic heterocycles. The van der Waals surface area contributed by atoms with Gasteiger partial charge in [-0.2, -0.15) is 17.5 Å². The van der Waals surface area contributed by atoms with Gasteiger partial charge in [0.25, 0.3) is 0 Å². The zero-order chi connectivity index (χ0) is 25.1. The molecule has 1 amide bonds. The number of hydrogen-bond donors (Lipinski definition) is 1. The first kappa shape index (κ1) is 26.0. The number of carbonyl (C=O) groups excluding carboxylic acids is 1. The number of carbonyl (C=O) groups is 1. The van der Waals surface area contributed by atoms with E-state index in [9.17, 15) is 26.4 Å². The molecule has 0 radical (unpaired) electrons. The Bertz CT molecular complexity index is 1100. The van der Waals surface area contributed by atoms with E-state index < -0.39 is 21.8 Å². The maximum Gasteiger partial charge on any atom is 0.416 e. The molecule has 1 aliphatic heterocycles. The lowest BCUT2D eigenvalue weighted by atomic mass is 10.1. The van der Waals surface area contributed by atoms with Crippen molar-refractivity contribution in [2.45, 2.75) is 31.0 Å². The highest BCUT2D eigenvalue weighted by Crippen LogP contribution is 2.31. The molecule has 2 aromatic carbocycles. The number of sulfonamides is 1. The fraction of sp³-hybridized carbons (Fsp3) is 0.435. The van der Waals surface area contributed by atoms with E-state index in [1.54, 1.807) is 32.0 Å². The van der Waals surface area contributed by atoms with Crippen LogP contribution in [0.3, 0.4) is 0 Å². The van der Waals surface area contributed by atoms with Crippen LogP contribution in [-0.2, 0) is 21.0 Å². The van der Waals surface area contributed by atoms with Crippen LogP contribution >= 0.6 is 0 Å². The van der Waals surface area contributed by atoms with Gasteiger partial charge in [0.05, 0.1) is 17.0 Å². The highest BCUT2D eigenvalue weighted by Gasteiger charge is 2.31. The molecular weight excluding hydrogens is 469 g/mol. The molecule has 1 N–H and O–H groups in total. The molecule has 0 atom stereocenters. The highest BCUT2D eigenvalue weighted by molar-refractivity contribution is 7.89. The summed E-state index contributed by atoms with van der Waals surface area (Å²) in [5.74, 6) is -0.248. The lowest BCUT2D eigenvalue weighted by Gasteiger charge is -2.36. The molecule has 1 heterocycles. The van der Waals surface area contributed by atoms with Crippen LogP contribution in [0.2, 0.25) is 0 Å². The van der Waals surface area contributed by atoms with Crippen LogP contribution in [0, 0.1) is 0 Å². The molecule has 7 nitrogen and oxygen atoms in total. The summed E-state index contributed by atoms with van der Waals surface area (Å²) < 4.78 is 65.2. The second-order valence-corrected chi connectivity index (χ2v) is 10.5. The minimum Gasteiger partial charge on any atom is -0.369 e. The Morgan fingerprint density at radius 2 is 1.68 bits per heavy atom. The van der Waals surface area contributed by atoms with Crippen molar-refractivity contribution in [1.29, 1.82) is 0 Å². The smallest absolute Gasteiger partial charge is 0.369 e. The first-order valence-electron chi connectivity index (χ1n) is 10.9. The topological polar surface area (TPSA) is 73.0 Å². The van der Waals surface area contributed by atoms with Gasteiger partial charge in [-0.15, -0.1) is 0 Å². The average Bonchev–Trinajstić information content (AvgIpc) is 2.79. The first-order chi connectivity index (χ1) is 15.9. The van der Waals surface area contributed by atoms with E-state index in [0.29, 0.717) is 37.6 Å². The minimum atomic E-state index is -4.39. The molecule has 0 aliphatic carbocycles. The number of anilines is 2. The molecule has 0 spiro atoms. The van der Waals surface area contributed by atoms with Gasteiger partial charge in [0, 0.05) is 50.6 Å². The number of nitrogens with zero attached hydrogens (tertiary/aromatic N) is 3. The summed E-state index contributed by atoms with van der Waals surface area (Å²) in [4.78, 5) is 16.4. The number of alkyl halides is 3. The number of nitrogens with one attached hydrogen (secondary N) is 1. The SMILES string of the molecule is CC(C)N(C)S(=O)(=O)c1ccc(NC(=O)CN2CCN(c3cccc(C(F)(F)F)c3)CC2)cc1. The Morgan fingerprint density at radius 1 is 1.06 bits per heavy atom. The summed E-state index contributed by atoms with van der Waals surface area (Å²) in [6.07, 6.45) is -4.39. The molecule has 34 heavy (non-hydrogen) atoms. The Morgan fingerprint density at radius 3 is 2.24 bits per heavy atom. The third-order valence-corrected chi connectivity index (χ3v) is 7.87. The van der Waals surface area contributed by atoms with Gasteiger partial charge in [-0.3, -0.25) is 9.69 Å². The van der Waals surface area contributed by atoms with Crippen molar-refractivity contribution in [2.24, 2.45) is 0 Å². The zero-order valence-electron chi connectivity index (χ0n) is 19.3. The van der Waals surface area contributed by atoms with E-state index >= 15 is 0 Å². The lowest BCUT2D eigenvalue weighted by Crippen LogP contribution is -2.48. The molecular formula is C23H29F3N4O3S.